The number of hydrogen-bond donors (Lipinski definition) is 1. The lowest BCUT2D eigenvalue weighted by molar-refractivity contribution is 1.12. The van der Waals surface area contributed by atoms with E-state index in [0.717, 1.165) is 22.8 Å². The second kappa shape index (κ2) is 4.56. The third kappa shape index (κ3) is 1.80. The molecule has 0 saturated heterocycles. The molecular formula is C13H7Cl2N5S. The first kappa shape index (κ1) is 12.8. The van der Waals surface area contributed by atoms with Crippen molar-refractivity contribution in [2.24, 2.45) is 0 Å². The van der Waals surface area contributed by atoms with Gasteiger partial charge in [0.15, 0.2) is 0 Å². The topological polar surface area (TPSA) is 69.6 Å². The molecule has 0 aliphatic heterocycles. The smallest absolute Gasteiger partial charge is 0.206 e. The van der Waals surface area contributed by atoms with Crippen molar-refractivity contribution in [3.8, 4) is 5.69 Å². The average molecular weight is 336 g/mol. The summed E-state index contributed by atoms with van der Waals surface area (Å²) in [4.78, 5) is 4.33. The van der Waals surface area contributed by atoms with E-state index in [1.54, 1.807) is 16.7 Å². The van der Waals surface area contributed by atoms with Crippen molar-refractivity contribution in [2.45, 2.75) is 0 Å². The number of nitrogens with two attached hydrogens (primary N) is 1. The van der Waals surface area contributed by atoms with Gasteiger partial charge in [-0.05, 0) is 24.3 Å². The minimum atomic E-state index is 0.306. The number of rotatable bonds is 1. The normalized spacial score (nSPS) is 11.5. The molecule has 0 aliphatic carbocycles. The fourth-order valence-corrected chi connectivity index (χ4v) is 3.33. The molecule has 0 spiro atoms. The Morgan fingerprint density at radius 2 is 1.86 bits per heavy atom. The van der Waals surface area contributed by atoms with E-state index in [9.17, 15) is 0 Å². The summed E-state index contributed by atoms with van der Waals surface area (Å²) in [5, 5.41) is 1.07. The molecule has 2 heterocycles. The van der Waals surface area contributed by atoms with Gasteiger partial charge in [0, 0.05) is 0 Å². The van der Waals surface area contributed by atoms with E-state index in [4.69, 9.17) is 28.9 Å². The van der Waals surface area contributed by atoms with E-state index in [1.165, 1.54) is 0 Å². The van der Waals surface area contributed by atoms with Gasteiger partial charge in [-0.15, -0.1) is 0 Å². The summed E-state index contributed by atoms with van der Waals surface area (Å²) in [5.74, 6) is 0.306. The van der Waals surface area contributed by atoms with E-state index in [2.05, 4.69) is 13.7 Å². The van der Waals surface area contributed by atoms with Crippen LogP contribution < -0.4 is 5.73 Å². The molecule has 0 radical (unpaired) electrons. The Balaban J connectivity index is 2.19. The van der Waals surface area contributed by atoms with Gasteiger partial charge in [-0.2, -0.15) is 8.75 Å². The lowest BCUT2D eigenvalue weighted by Gasteiger charge is -2.09. The van der Waals surface area contributed by atoms with Crippen LogP contribution in [0.4, 0.5) is 5.95 Å². The lowest BCUT2D eigenvalue weighted by Crippen LogP contribution is -2.02. The van der Waals surface area contributed by atoms with Crippen LogP contribution in [0.2, 0.25) is 10.0 Å². The van der Waals surface area contributed by atoms with Gasteiger partial charge in [0.1, 0.15) is 16.6 Å². The van der Waals surface area contributed by atoms with E-state index < -0.39 is 0 Å². The zero-order chi connectivity index (χ0) is 14.6. The summed E-state index contributed by atoms with van der Waals surface area (Å²) in [6, 6.07) is 9.10. The monoisotopic (exact) mass is 335 g/mol. The number of para-hydroxylation sites is 1. The van der Waals surface area contributed by atoms with Crippen LogP contribution in [-0.4, -0.2) is 18.3 Å². The predicted molar refractivity (Wildman–Crippen MR) is 86.5 cm³/mol. The van der Waals surface area contributed by atoms with Gasteiger partial charge in [-0.25, -0.2) is 4.98 Å². The van der Waals surface area contributed by atoms with Gasteiger partial charge in [0.05, 0.1) is 33.0 Å². The van der Waals surface area contributed by atoms with Gasteiger partial charge >= 0.3 is 0 Å². The first-order chi connectivity index (χ1) is 10.2. The minimum Gasteiger partial charge on any atom is -0.369 e. The molecule has 104 valence electrons. The van der Waals surface area contributed by atoms with Crippen LogP contribution in [0.5, 0.6) is 0 Å². The Morgan fingerprint density at radius 3 is 2.71 bits per heavy atom. The number of hydrogen-bond acceptors (Lipinski definition) is 5. The first-order valence-corrected chi connectivity index (χ1v) is 7.49. The quantitative estimate of drug-likeness (QED) is 0.572. The SMILES string of the molecule is Nc1nc2c(Cl)cccc2n1-c1c(Cl)ccc2nsnc12. The average Bonchev–Trinajstić information content (AvgIpc) is 3.05. The Labute approximate surface area is 133 Å². The summed E-state index contributed by atoms with van der Waals surface area (Å²) < 4.78 is 10.3. The van der Waals surface area contributed by atoms with E-state index in [-0.39, 0.29) is 0 Å². The van der Waals surface area contributed by atoms with Gasteiger partial charge < -0.3 is 5.73 Å². The molecule has 4 aromatic rings. The van der Waals surface area contributed by atoms with Crippen molar-refractivity contribution >= 4 is 62.9 Å². The second-order valence-corrected chi connectivity index (χ2v) is 5.78. The Bertz CT molecular complexity index is 991. The van der Waals surface area contributed by atoms with Gasteiger partial charge in [-0.3, -0.25) is 4.57 Å². The second-order valence-electron chi connectivity index (χ2n) is 4.44. The lowest BCUT2D eigenvalue weighted by atomic mass is 10.2. The van der Waals surface area contributed by atoms with Crippen molar-refractivity contribution in [1.29, 1.82) is 0 Å². The molecule has 0 bridgehead atoms. The molecule has 21 heavy (non-hydrogen) atoms. The number of imidazole rings is 1. The molecule has 0 atom stereocenters. The van der Waals surface area contributed by atoms with Crippen molar-refractivity contribution < 1.29 is 0 Å². The molecule has 5 nitrogen and oxygen atoms in total. The van der Waals surface area contributed by atoms with Crippen LogP contribution in [-0.2, 0) is 0 Å². The first-order valence-electron chi connectivity index (χ1n) is 6.00. The zero-order valence-corrected chi connectivity index (χ0v) is 12.7. The van der Waals surface area contributed by atoms with Crippen molar-refractivity contribution in [3.05, 3.63) is 40.4 Å². The molecule has 2 aromatic carbocycles. The maximum absolute atomic E-state index is 6.36. The van der Waals surface area contributed by atoms with Crippen LogP contribution >= 0.6 is 34.9 Å². The number of halogens is 2. The summed E-state index contributed by atoms with van der Waals surface area (Å²) in [6.45, 7) is 0. The molecule has 0 aliphatic rings. The number of anilines is 1. The van der Waals surface area contributed by atoms with E-state index in [1.807, 2.05) is 18.2 Å². The molecule has 0 fully saturated rings. The third-order valence-electron chi connectivity index (χ3n) is 3.24. The van der Waals surface area contributed by atoms with Crippen molar-refractivity contribution in [2.75, 3.05) is 5.73 Å². The van der Waals surface area contributed by atoms with Crippen LogP contribution in [0.25, 0.3) is 27.8 Å². The van der Waals surface area contributed by atoms with Crippen LogP contribution in [0.1, 0.15) is 0 Å². The fraction of sp³-hybridized carbons (Fsp3) is 0. The highest BCUT2D eigenvalue weighted by Crippen LogP contribution is 2.34. The van der Waals surface area contributed by atoms with Crippen LogP contribution in [0, 0.1) is 0 Å². The van der Waals surface area contributed by atoms with E-state index >= 15 is 0 Å². The maximum Gasteiger partial charge on any atom is 0.206 e. The number of fused-ring (bicyclic) bond motifs is 2. The number of nitrogens with zero attached hydrogens (tertiary/aromatic N) is 4. The predicted octanol–water partition coefficient (Wildman–Crippen LogP) is 3.92. The highest BCUT2D eigenvalue weighted by Gasteiger charge is 2.18. The summed E-state index contributed by atoms with van der Waals surface area (Å²) in [7, 11) is 0. The maximum atomic E-state index is 6.36. The molecule has 2 N–H and O–H groups in total. The minimum absolute atomic E-state index is 0.306. The molecule has 8 heteroatoms. The Hall–Kier alpha value is -1.89. The zero-order valence-electron chi connectivity index (χ0n) is 10.4. The summed E-state index contributed by atoms with van der Waals surface area (Å²) in [6.07, 6.45) is 0. The van der Waals surface area contributed by atoms with Crippen molar-refractivity contribution in [1.82, 2.24) is 18.3 Å². The van der Waals surface area contributed by atoms with Gasteiger partial charge in [-0.1, -0.05) is 29.3 Å². The molecule has 0 amide bonds. The molecular weight excluding hydrogens is 329 g/mol. The Morgan fingerprint density at radius 1 is 1.00 bits per heavy atom. The molecule has 4 rings (SSSR count). The van der Waals surface area contributed by atoms with Crippen LogP contribution in [0.15, 0.2) is 30.3 Å². The standard InChI is InChI=1S/C13H7Cl2N5S/c14-6-2-1-3-9-10(6)17-13(16)20(9)12-7(15)4-5-8-11(12)19-21-18-8/h1-5H,(H2,16,17). The summed E-state index contributed by atoms with van der Waals surface area (Å²) >= 11 is 13.7. The number of aromatic nitrogens is 4. The highest BCUT2D eigenvalue weighted by molar-refractivity contribution is 7.00. The molecule has 0 saturated carbocycles. The Kier molecular flexibility index (Phi) is 2.78. The largest absolute Gasteiger partial charge is 0.369 e. The van der Waals surface area contributed by atoms with E-state index in [0.29, 0.717) is 32.7 Å². The summed E-state index contributed by atoms with van der Waals surface area (Å²) in [5.41, 5.74) is 9.62. The van der Waals surface area contributed by atoms with Gasteiger partial charge in [0.2, 0.25) is 5.95 Å². The number of nitrogen functional groups attached to an aromatic ring is 1. The molecule has 2 aromatic heterocycles. The van der Waals surface area contributed by atoms with Crippen LogP contribution in [0.3, 0.4) is 0 Å². The third-order valence-corrected chi connectivity index (χ3v) is 4.39. The fourth-order valence-electron chi connectivity index (χ4n) is 2.34. The highest BCUT2D eigenvalue weighted by atomic mass is 35.5. The van der Waals surface area contributed by atoms with Gasteiger partial charge in [0.25, 0.3) is 0 Å². The number of benzene rings is 2. The molecule has 0 unspecified atom stereocenters. The van der Waals surface area contributed by atoms with Crippen molar-refractivity contribution in [3.63, 3.8) is 0 Å².